The van der Waals surface area contributed by atoms with E-state index in [1.54, 1.807) is 0 Å². The van der Waals surface area contributed by atoms with Crippen LogP contribution in [-0.4, -0.2) is 24.9 Å². The van der Waals surface area contributed by atoms with Gasteiger partial charge in [-0.15, -0.1) is 0 Å². The Morgan fingerprint density at radius 3 is 1.82 bits per heavy atom. The van der Waals surface area contributed by atoms with E-state index in [4.69, 9.17) is 0 Å². The van der Waals surface area contributed by atoms with Crippen molar-refractivity contribution in [3.63, 3.8) is 0 Å². The van der Waals surface area contributed by atoms with Crippen LogP contribution in [0.2, 0.25) is 0 Å². The van der Waals surface area contributed by atoms with Crippen LogP contribution in [0.1, 0.15) is 19.3 Å². The maximum atomic E-state index is 10.1. The van der Waals surface area contributed by atoms with Gasteiger partial charge in [0, 0.05) is 12.1 Å². The van der Waals surface area contributed by atoms with Crippen molar-refractivity contribution in [1.82, 2.24) is 10.6 Å². The number of hydrogen-bond donors (Lipinski definition) is 2. The molecule has 0 unspecified atom stereocenters. The summed E-state index contributed by atoms with van der Waals surface area (Å²) in [6, 6.07) is 0.274. The van der Waals surface area contributed by atoms with Gasteiger partial charge < -0.3 is 10.6 Å². The summed E-state index contributed by atoms with van der Waals surface area (Å²) in [5, 5.41) is 5.35. The van der Waals surface area contributed by atoms with Crippen molar-refractivity contribution in [3.8, 4) is 0 Å². The molecule has 0 radical (unpaired) electrons. The number of rotatable bonds is 4. The summed E-state index contributed by atoms with van der Waals surface area (Å²) in [6.07, 6.45) is 4.37. The summed E-state index contributed by atoms with van der Waals surface area (Å²) in [4.78, 5) is 20.2. The summed E-state index contributed by atoms with van der Waals surface area (Å²) >= 11 is 0. The Kier molecular flexibility index (Phi) is 2.89. The SMILES string of the molecule is O=CN[C@@H]1CCC[C@H]1NC=O. The van der Waals surface area contributed by atoms with Gasteiger partial charge in [0.25, 0.3) is 0 Å². The topological polar surface area (TPSA) is 58.2 Å². The molecular formula is C7H12N2O2. The average Bonchev–Trinajstić information content (AvgIpc) is 2.39. The van der Waals surface area contributed by atoms with Crippen LogP contribution in [0.15, 0.2) is 0 Å². The Morgan fingerprint density at radius 2 is 1.45 bits per heavy atom. The first-order chi connectivity index (χ1) is 5.38. The Morgan fingerprint density at radius 1 is 1.00 bits per heavy atom. The molecule has 2 N–H and O–H groups in total. The summed E-state index contributed by atoms with van der Waals surface area (Å²) in [5.41, 5.74) is 0. The van der Waals surface area contributed by atoms with Gasteiger partial charge in [0.1, 0.15) is 0 Å². The van der Waals surface area contributed by atoms with E-state index in [0.29, 0.717) is 12.8 Å². The first kappa shape index (κ1) is 8.04. The molecule has 0 heterocycles. The van der Waals surface area contributed by atoms with Crippen molar-refractivity contribution < 1.29 is 9.59 Å². The fourth-order valence-corrected chi connectivity index (χ4v) is 1.53. The number of nitrogens with one attached hydrogen (secondary N) is 2. The van der Waals surface area contributed by atoms with Gasteiger partial charge in [0.15, 0.2) is 0 Å². The highest BCUT2D eigenvalue weighted by atomic mass is 16.1. The van der Waals surface area contributed by atoms with E-state index in [-0.39, 0.29) is 12.1 Å². The van der Waals surface area contributed by atoms with Gasteiger partial charge in [-0.2, -0.15) is 0 Å². The molecule has 0 aromatic heterocycles. The average molecular weight is 156 g/mol. The fourth-order valence-electron chi connectivity index (χ4n) is 1.53. The van der Waals surface area contributed by atoms with Crippen LogP contribution < -0.4 is 10.6 Å². The third-order valence-corrected chi connectivity index (χ3v) is 2.08. The molecule has 4 heteroatoms. The van der Waals surface area contributed by atoms with Crippen molar-refractivity contribution in [2.24, 2.45) is 0 Å². The van der Waals surface area contributed by atoms with E-state index in [1.807, 2.05) is 0 Å². The van der Waals surface area contributed by atoms with Crippen molar-refractivity contribution >= 4 is 12.8 Å². The highest BCUT2D eigenvalue weighted by Crippen LogP contribution is 2.17. The molecule has 1 aliphatic carbocycles. The van der Waals surface area contributed by atoms with Gasteiger partial charge in [-0.25, -0.2) is 0 Å². The lowest BCUT2D eigenvalue weighted by atomic mass is 10.2. The Hall–Kier alpha value is -1.06. The molecule has 1 saturated carbocycles. The fraction of sp³-hybridized carbons (Fsp3) is 0.714. The molecule has 2 amide bonds. The zero-order valence-electron chi connectivity index (χ0n) is 6.25. The highest BCUT2D eigenvalue weighted by molar-refractivity contribution is 5.49. The van der Waals surface area contributed by atoms with Crippen molar-refractivity contribution in [1.29, 1.82) is 0 Å². The normalized spacial score (nSPS) is 29.5. The van der Waals surface area contributed by atoms with Crippen molar-refractivity contribution in [2.45, 2.75) is 31.3 Å². The van der Waals surface area contributed by atoms with Crippen LogP contribution in [0, 0.1) is 0 Å². The summed E-state index contributed by atoms with van der Waals surface area (Å²) in [6.45, 7) is 0. The van der Waals surface area contributed by atoms with Gasteiger partial charge >= 0.3 is 0 Å². The maximum Gasteiger partial charge on any atom is 0.207 e. The molecule has 1 rings (SSSR count). The van der Waals surface area contributed by atoms with Crippen molar-refractivity contribution in [3.05, 3.63) is 0 Å². The van der Waals surface area contributed by atoms with Gasteiger partial charge in [0.05, 0.1) is 0 Å². The predicted octanol–water partition coefficient (Wildman–Crippen LogP) is -0.601. The minimum absolute atomic E-state index is 0.137. The van der Waals surface area contributed by atoms with Gasteiger partial charge in [0.2, 0.25) is 12.8 Å². The quantitative estimate of drug-likeness (QED) is 0.534. The van der Waals surface area contributed by atoms with Gasteiger partial charge in [-0.3, -0.25) is 9.59 Å². The second-order valence-corrected chi connectivity index (χ2v) is 2.71. The molecule has 0 bridgehead atoms. The first-order valence-corrected chi connectivity index (χ1v) is 3.78. The lowest BCUT2D eigenvalue weighted by Gasteiger charge is -2.17. The smallest absolute Gasteiger partial charge is 0.207 e. The van der Waals surface area contributed by atoms with Crippen LogP contribution in [-0.2, 0) is 9.59 Å². The third-order valence-electron chi connectivity index (χ3n) is 2.08. The lowest BCUT2D eigenvalue weighted by Crippen LogP contribution is -2.43. The molecule has 1 fully saturated rings. The van der Waals surface area contributed by atoms with Crippen LogP contribution in [0.5, 0.6) is 0 Å². The summed E-state index contributed by atoms with van der Waals surface area (Å²) in [5.74, 6) is 0. The Balaban J connectivity index is 2.36. The Labute approximate surface area is 65.3 Å². The summed E-state index contributed by atoms with van der Waals surface area (Å²) in [7, 11) is 0. The van der Waals surface area contributed by atoms with Gasteiger partial charge in [-0.05, 0) is 19.3 Å². The van der Waals surface area contributed by atoms with Crippen LogP contribution in [0.3, 0.4) is 0 Å². The second kappa shape index (κ2) is 3.95. The molecule has 11 heavy (non-hydrogen) atoms. The second-order valence-electron chi connectivity index (χ2n) is 2.71. The van der Waals surface area contributed by atoms with E-state index in [0.717, 1.165) is 19.3 Å². The lowest BCUT2D eigenvalue weighted by molar-refractivity contribution is -0.112. The van der Waals surface area contributed by atoms with Crippen LogP contribution in [0.4, 0.5) is 0 Å². The zero-order valence-corrected chi connectivity index (χ0v) is 6.25. The molecule has 1 aliphatic rings. The molecular weight excluding hydrogens is 144 g/mol. The zero-order chi connectivity index (χ0) is 8.10. The number of hydrogen-bond acceptors (Lipinski definition) is 2. The number of amides is 2. The standard InChI is InChI=1S/C7H12N2O2/c10-4-8-6-2-1-3-7(6)9-5-11/h4-7H,1-3H2,(H,8,10)(H,9,11)/t6-,7-/m1/s1. The number of carbonyl (C=O) groups excluding carboxylic acids is 2. The molecule has 0 aliphatic heterocycles. The molecule has 0 aromatic rings. The van der Waals surface area contributed by atoms with Crippen LogP contribution >= 0.6 is 0 Å². The minimum atomic E-state index is 0.137. The van der Waals surface area contributed by atoms with Crippen molar-refractivity contribution in [2.75, 3.05) is 0 Å². The molecule has 0 aromatic carbocycles. The summed E-state index contributed by atoms with van der Waals surface area (Å²) < 4.78 is 0. The molecule has 2 atom stereocenters. The first-order valence-electron chi connectivity index (χ1n) is 3.78. The minimum Gasteiger partial charge on any atom is -0.354 e. The Bertz CT molecular complexity index is 133. The number of carbonyl (C=O) groups is 2. The van der Waals surface area contributed by atoms with E-state index < -0.39 is 0 Å². The molecule has 62 valence electrons. The van der Waals surface area contributed by atoms with Gasteiger partial charge in [-0.1, -0.05) is 0 Å². The predicted molar refractivity (Wildman–Crippen MR) is 39.8 cm³/mol. The maximum absolute atomic E-state index is 10.1. The van der Waals surface area contributed by atoms with Crippen LogP contribution in [0.25, 0.3) is 0 Å². The van der Waals surface area contributed by atoms with E-state index in [2.05, 4.69) is 10.6 Å². The molecule has 4 nitrogen and oxygen atoms in total. The monoisotopic (exact) mass is 156 g/mol. The largest absolute Gasteiger partial charge is 0.354 e. The molecule has 0 spiro atoms. The van der Waals surface area contributed by atoms with E-state index in [1.165, 1.54) is 0 Å². The molecule has 0 saturated heterocycles. The third kappa shape index (κ3) is 1.93. The van der Waals surface area contributed by atoms with E-state index in [9.17, 15) is 9.59 Å². The van der Waals surface area contributed by atoms with E-state index >= 15 is 0 Å². The highest BCUT2D eigenvalue weighted by Gasteiger charge is 2.25.